The van der Waals surface area contributed by atoms with Crippen molar-refractivity contribution in [2.24, 2.45) is 0 Å². The van der Waals surface area contributed by atoms with Gasteiger partial charge in [-0.3, -0.25) is 0 Å². The summed E-state index contributed by atoms with van der Waals surface area (Å²) >= 11 is 1.61. The van der Waals surface area contributed by atoms with Gasteiger partial charge in [-0.25, -0.2) is 4.70 Å². The third kappa shape index (κ3) is 12.3. The molecule has 1 heterocycles. The molecule has 0 spiro atoms. The normalized spacial score (nSPS) is 12.9. The van der Waals surface area contributed by atoms with Gasteiger partial charge in [0.1, 0.15) is 0 Å². The molecule has 1 aliphatic heterocycles. The molecule has 0 bridgehead atoms. The van der Waals surface area contributed by atoms with E-state index < -0.39 is 0 Å². The van der Waals surface area contributed by atoms with Gasteiger partial charge in [-0.05, 0) is 86.8 Å². The molecule has 0 unspecified atom stereocenters. The van der Waals surface area contributed by atoms with Crippen molar-refractivity contribution in [3.8, 4) is 0 Å². The molecule has 0 saturated carbocycles. The van der Waals surface area contributed by atoms with Crippen LogP contribution in [-0.4, -0.2) is 4.70 Å². The van der Waals surface area contributed by atoms with Gasteiger partial charge in [-0.15, -0.1) is 0 Å². The Labute approximate surface area is 316 Å². The number of aryl methyl sites for hydroxylation is 4. The maximum absolute atomic E-state index is 11.8. The fraction of sp³-hybridized carbons (Fsp3) is 0.417. The summed E-state index contributed by atoms with van der Waals surface area (Å²) in [7, 11) is 0. The molecule has 0 fully saturated rings. The monoisotopic (exact) mass is 724 g/mol. The minimum atomic E-state index is 1.01. The topological polar surface area (TPSA) is 25.3 Å². The van der Waals surface area contributed by atoms with Crippen molar-refractivity contribution in [1.29, 1.82) is 0 Å². The van der Waals surface area contributed by atoms with E-state index in [2.05, 4.69) is 139 Å². The van der Waals surface area contributed by atoms with Gasteiger partial charge in [0.15, 0.2) is 0 Å². The van der Waals surface area contributed by atoms with E-state index in [1.165, 1.54) is 81.0 Å². The molecule has 274 valence electrons. The Hall–Kier alpha value is -3.55. The van der Waals surface area contributed by atoms with Gasteiger partial charge in [0.05, 0.1) is 0 Å². The number of hydrogen-bond donors (Lipinski definition) is 0. The molecule has 0 aromatic heterocycles. The van der Waals surface area contributed by atoms with Crippen LogP contribution < -0.4 is 9.07 Å². The third-order valence-electron chi connectivity index (χ3n) is 9.62. The van der Waals surface area contributed by atoms with Crippen LogP contribution in [0, 0.1) is 13.8 Å². The molecule has 0 radical (unpaired) electrons. The van der Waals surface area contributed by atoms with Gasteiger partial charge in [0.25, 0.3) is 0 Å². The van der Waals surface area contributed by atoms with Crippen LogP contribution in [0.15, 0.2) is 108 Å². The summed E-state index contributed by atoms with van der Waals surface area (Å²) < 4.78 is 4.18. The minimum absolute atomic E-state index is 1.01. The van der Waals surface area contributed by atoms with Gasteiger partial charge in [-0.1, -0.05) is 90.5 Å². The van der Waals surface area contributed by atoms with Crippen molar-refractivity contribution < 1.29 is 19.1 Å². The van der Waals surface area contributed by atoms with Crippen molar-refractivity contribution in [2.45, 2.75) is 131 Å². The van der Waals surface area contributed by atoms with Gasteiger partial charge in [0, 0.05) is 22.3 Å². The first-order valence-corrected chi connectivity index (χ1v) is 20.7. The molecule has 3 heteroatoms. The van der Waals surface area contributed by atoms with Crippen molar-refractivity contribution in [3.05, 3.63) is 147 Å². The second-order valence-electron chi connectivity index (χ2n) is 14.1. The Balaban J connectivity index is 0.000000322. The number of allylic oxidation sites excluding steroid dienone is 2. The van der Waals surface area contributed by atoms with Gasteiger partial charge in [0.2, 0.25) is 11.4 Å². The van der Waals surface area contributed by atoms with Crippen molar-refractivity contribution in [3.63, 3.8) is 0 Å². The predicted octanol–water partition coefficient (Wildman–Crippen LogP) is 13.0. The van der Waals surface area contributed by atoms with Crippen molar-refractivity contribution >= 4 is 20.5 Å². The summed E-state index contributed by atoms with van der Waals surface area (Å²) in [6.07, 6.45) is 16.3. The Morgan fingerprint density at radius 1 is 0.471 bits per heavy atom. The Bertz CT molecular complexity index is 1680. The average molecular weight is 726 g/mol. The molecular weight excluding hydrogens is 663 g/mol. The summed E-state index contributed by atoms with van der Waals surface area (Å²) in [6.45, 7) is 13.3. The van der Waals surface area contributed by atoms with E-state index in [1.54, 1.807) is 19.1 Å². The summed E-state index contributed by atoms with van der Waals surface area (Å²) in [4.78, 5) is 0. The third-order valence-corrected chi connectivity index (χ3v) is 10.9. The fourth-order valence-electron chi connectivity index (χ4n) is 6.63. The van der Waals surface area contributed by atoms with Gasteiger partial charge >= 0.3 is 97.0 Å². The zero-order chi connectivity index (χ0) is 36.4. The van der Waals surface area contributed by atoms with E-state index in [0.29, 0.717) is 0 Å². The summed E-state index contributed by atoms with van der Waals surface area (Å²) in [5.74, 6) is 0. The fourth-order valence-corrected chi connectivity index (χ4v) is 7.62. The molecule has 51 heavy (non-hydrogen) atoms. The Morgan fingerprint density at radius 2 is 0.882 bits per heavy atom. The summed E-state index contributed by atoms with van der Waals surface area (Å²) in [5.41, 5.74) is 24.2. The molecule has 4 aromatic carbocycles. The number of unbranched alkanes of at least 4 members (excludes halogenated alkanes) is 6. The quantitative estimate of drug-likeness (QED) is 0.0554. The standard InChI is InChI=1S/C34H48N2.2C7H7.Ni/c1-5-9-13-14-18-28-20-16-22-30(26-28)34-32(24-12-8-4)31(23-11-7-3)33(36(34)35)29-21-15-19-27(25-29)17-10-6-2;2*1-7-5-3-2-4-6-7;/h15-16,19-22,25-26H,5-14,17-18,23-24H2,1-4H3;2*3-6H,1H3;. The van der Waals surface area contributed by atoms with Crippen LogP contribution in [0.3, 0.4) is 0 Å². The molecule has 1 aliphatic rings. The molecule has 5 rings (SSSR count). The molecule has 0 saturated heterocycles. The van der Waals surface area contributed by atoms with Crippen LogP contribution in [0.2, 0.25) is 0 Å². The second kappa shape index (κ2) is 21.7. The first-order chi connectivity index (χ1) is 24.9. The van der Waals surface area contributed by atoms with E-state index in [-0.39, 0.29) is 0 Å². The van der Waals surface area contributed by atoms with Crippen LogP contribution in [0.1, 0.15) is 138 Å². The molecule has 4 aromatic rings. The molecule has 0 amide bonds. The Morgan fingerprint density at radius 3 is 1.31 bits per heavy atom. The SMILES string of the molecule is CCCCCCc1cccc(C2=C(CCCC)C(CCCC)=C(c3cccc(CCCC)c3)[N+]2=[N-])c1.Cc1cc[c]([Ni][c]2ccc(C)cc2)cc1. The maximum atomic E-state index is 11.8. The van der Waals surface area contributed by atoms with Gasteiger partial charge in [-0.2, -0.15) is 0 Å². The molecule has 0 N–H and O–H groups in total. The van der Waals surface area contributed by atoms with E-state index in [9.17, 15) is 5.53 Å². The molecule has 0 aliphatic carbocycles. The first-order valence-electron chi connectivity index (χ1n) is 19.7. The van der Waals surface area contributed by atoms with E-state index >= 15 is 0 Å². The Kier molecular flexibility index (Phi) is 17.1. The van der Waals surface area contributed by atoms with Crippen LogP contribution in [0.25, 0.3) is 16.9 Å². The van der Waals surface area contributed by atoms with Crippen LogP contribution in [0.4, 0.5) is 0 Å². The van der Waals surface area contributed by atoms with E-state index in [1.807, 2.05) is 0 Å². The predicted molar refractivity (Wildman–Crippen MR) is 217 cm³/mol. The van der Waals surface area contributed by atoms with Gasteiger partial charge < -0.3 is 5.53 Å². The van der Waals surface area contributed by atoms with E-state index in [4.69, 9.17) is 0 Å². The number of hydrogen-bond acceptors (Lipinski definition) is 0. The zero-order valence-corrected chi connectivity index (χ0v) is 33.3. The zero-order valence-electron chi connectivity index (χ0n) is 32.3. The molecule has 2 nitrogen and oxygen atoms in total. The number of rotatable bonds is 18. The van der Waals surface area contributed by atoms with E-state index in [0.717, 1.165) is 73.9 Å². The van der Waals surface area contributed by atoms with Crippen LogP contribution >= 0.6 is 0 Å². The number of nitrogens with zero attached hydrogens (tertiary/aromatic N) is 2. The molecule has 0 atom stereocenters. The van der Waals surface area contributed by atoms with Crippen LogP contribution in [-0.2, 0) is 27.3 Å². The molecular formula is C48H62N2Ni. The average Bonchev–Trinajstić information content (AvgIpc) is 3.43. The first kappa shape index (κ1) is 40.2. The summed E-state index contributed by atoms with van der Waals surface area (Å²) in [5, 5.41) is 0. The second-order valence-corrected chi connectivity index (χ2v) is 15.5. The summed E-state index contributed by atoms with van der Waals surface area (Å²) in [6, 6.07) is 35.2. The van der Waals surface area contributed by atoms with Crippen molar-refractivity contribution in [2.75, 3.05) is 0 Å². The number of benzene rings is 4. The van der Waals surface area contributed by atoms with Crippen LogP contribution in [0.5, 0.6) is 0 Å². The van der Waals surface area contributed by atoms with Crippen molar-refractivity contribution in [1.82, 2.24) is 0 Å².